The molecule has 0 saturated carbocycles. The lowest BCUT2D eigenvalue weighted by molar-refractivity contribution is -0.132. The standard InChI is InChI=1S/C25H32O2S/c1-21(25(26)27)13-9-6-4-2-3-5-7-12-20-28-24-18-16-23(17-19-24)22-14-10-8-11-15-22/h8,10-11,14-19H,1-7,9,12-13,20H2,(H,26,27). The Labute approximate surface area is 174 Å². The number of carbonyl (C=O) groups is 1. The highest BCUT2D eigenvalue weighted by atomic mass is 32.2. The van der Waals surface area contributed by atoms with E-state index in [4.69, 9.17) is 5.11 Å². The number of carboxylic acids is 1. The predicted molar refractivity (Wildman–Crippen MR) is 121 cm³/mol. The fourth-order valence-corrected chi connectivity index (χ4v) is 4.08. The molecule has 1 N–H and O–H groups in total. The maximum Gasteiger partial charge on any atom is 0.330 e. The molecule has 0 fully saturated rings. The highest BCUT2D eigenvalue weighted by Gasteiger charge is 2.02. The summed E-state index contributed by atoms with van der Waals surface area (Å²) in [5.41, 5.74) is 2.88. The number of carboxylic acid groups (broad SMARTS) is 1. The number of benzene rings is 2. The van der Waals surface area contributed by atoms with E-state index in [-0.39, 0.29) is 0 Å². The lowest BCUT2D eigenvalue weighted by Gasteiger charge is -2.05. The van der Waals surface area contributed by atoms with Crippen molar-refractivity contribution in [3.63, 3.8) is 0 Å². The summed E-state index contributed by atoms with van der Waals surface area (Å²) >= 11 is 1.95. The molecule has 0 aliphatic carbocycles. The number of rotatable bonds is 14. The molecule has 0 amide bonds. The summed E-state index contributed by atoms with van der Waals surface area (Å²) in [6.45, 7) is 3.57. The molecule has 2 nitrogen and oxygen atoms in total. The summed E-state index contributed by atoms with van der Waals surface area (Å²) < 4.78 is 0. The first-order valence-corrected chi connectivity index (χ1v) is 11.3. The molecule has 0 aliphatic rings. The molecule has 0 heterocycles. The summed E-state index contributed by atoms with van der Waals surface area (Å²) in [5, 5.41) is 8.76. The number of hydrogen-bond acceptors (Lipinski definition) is 2. The summed E-state index contributed by atoms with van der Waals surface area (Å²) in [4.78, 5) is 12.0. The Morgan fingerprint density at radius 2 is 1.29 bits per heavy atom. The van der Waals surface area contributed by atoms with Gasteiger partial charge in [0.25, 0.3) is 0 Å². The van der Waals surface area contributed by atoms with Crippen molar-refractivity contribution in [2.24, 2.45) is 0 Å². The molecule has 2 aromatic rings. The van der Waals surface area contributed by atoms with Crippen molar-refractivity contribution in [3.05, 3.63) is 66.7 Å². The minimum atomic E-state index is -0.856. The van der Waals surface area contributed by atoms with E-state index in [1.807, 2.05) is 17.8 Å². The van der Waals surface area contributed by atoms with Crippen molar-refractivity contribution in [1.82, 2.24) is 0 Å². The molecule has 0 spiro atoms. The number of hydrogen-bond donors (Lipinski definition) is 1. The van der Waals surface area contributed by atoms with E-state index in [0.29, 0.717) is 12.0 Å². The molecule has 3 heteroatoms. The maximum atomic E-state index is 10.7. The Balaban J connectivity index is 1.46. The minimum absolute atomic E-state index is 0.340. The molecule has 0 aliphatic heterocycles. The molecule has 0 aromatic heterocycles. The van der Waals surface area contributed by atoms with Crippen molar-refractivity contribution < 1.29 is 9.90 Å². The van der Waals surface area contributed by atoms with Gasteiger partial charge >= 0.3 is 5.97 Å². The Morgan fingerprint density at radius 3 is 1.89 bits per heavy atom. The first-order chi connectivity index (χ1) is 13.7. The van der Waals surface area contributed by atoms with Gasteiger partial charge in [0.05, 0.1) is 0 Å². The van der Waals surface area contributed by atoms with E-state index in [2.05, 4.69) is 55.1 Å². The average molecular weight is 397 g/mol. The average Bonchev–Trinajstić information content (AvgIpc) is 2.72. The lowest BCUT2D eigenvalue weighted by atomic mass is 10.1. The molecule has 2 aromatic carbocycles. The van der Waals surface area contributed by atoms with Crippen molar-refractivity contribution in [3.8, 4) is 11.1 Å². The third kappa shape index (κ3) is 8.79. The van der Waals surface area contributed by atoms with E-state index in [1.54, 1.807) is 0 Å². The minimum Gasteiger partial charge on any atom is -0.478 e. The molecule has 2 rings (SSSR count). The number of unbranched alkanes of at least 4 members (excludes halogenated alkanes) is 7. The molecule has 0 radical (unpaired) electrons. The Morgan fingerprint density at radius 1 is 0.750 bits per heavy atom. The zero-order valence-electron chi connectivity index (χ0n) is 16.7. The summed E-state index contributed by atoms with van der Waals surface area (Å²) in [6.07, 6.45) is 10.3. The smallest absolute Gasteiger partial charge is 0.330 e. The van der Waals surface area contributed by atoms with E-state index >= 15 is 0 Å². The highest BCUT2D eigenvalue weighted by Crippen LogP contribution is 2.25. The van der Waals surface area contributed by atoms with Gasteiger partial charge in [-0.3, -0.25) is 0 Å². The molecule has 0 bridgehead atoms. The third-order valence-electron chi connectivity index (χ3n) is 4.91. The van der Waals surface area contributed by atoms with Gasteiger partial charge < -0.3 is 5.11 Å². The maximum absolute atomic E-state index is 10.7. The van der Waals surface area contributed by atoms with Gasteiger partial charge in [0, 0.05) is 10.5 Å². The molecular formula is C25H32O2S. The van der Waals surface area contributed by atoms with E-state index in [0.717, 1.165) is 12.8 Å². The van der Waals surface area contributed by atoms with Crippen molar-refractivity contribution in [2.75, 3.05) is 5.75 Å². The van der Waals surface area contributed by atoms with Gasteiger partial charge in [-0.05, 0) is 48.3 Å². The third-order valence-corrected chi connectivity index (χ3v) is 6.00. The number of thioether (sulfide) groups is 1. The van der Waals surface area contributed by atoms with Crippen LogP contribution in [0.3, 0.4) is 0 Å². The van der Waals surface area contributed by atoms with E-state index in [1.165, 1.54) is 60.3 Å². The van der Waals surface area contributed by atoms with Crippen LogP contribution in [0.1, 0.15) is 57.8 Å². The topological polar surface area (TPSA) is 37.3 Å². The SMILES string of the molecule is C=C(CCCCCCCCCCSc1ccc(-c2ccccc2)cc1)C(=O)O. The van der Waals surface area contributed by atoms with Gasteiger partial charge in [-0.1, -0.05) is 87.6 Å². The summed E-state index contributed by atoms with van der Waals surface area (Å²) in [5.74, 6) is 0.326. The van der Waals surface area contributed by atoms with Crippen molar-refractivity contribution >= 4 is 17.7 Å². The Kier molecular flexibility index (Phi) is 10.5. The summed E-state index contributed by atoms with van der Waals surface area (Å²) in [6, 6.07) is 19.4. The van der Waals surface area contributed by atoms with Gasteiger partial charge in [0.15, 0.2) is 0 Å². The Bertz CT molecular complexity index is 707. The van der Waals surface area contributed by atoms with Crippen LogP contribution in [0.25, 0.3) is 11.1 Å². The van der Waals surface area contributed by atoms with E-state index < -0.39 is 5.97 Å². The van der Waals surface area contributed by atoms with E-state index in [9.17, 15) is 4.79 Å². The fraction of sp³-hybridized carbons (Fsp3) is 0.400. The van der Waals surface area contributed by atoms with Gasteiger partial charge in [-0.15, -0.1) is 11.8 Å². The van der Waals surface area contributed by atoms with Crippen LogP contribution in [0.15, 0.2) is 71.6 Å². The zero-order valence-corrected chi connectivity index (χ0v) is 17.6. The first-order valence-electron chi connectivity index (χ1n) is 10.4. The van der Waals surface area contributed by atoms with Crippen LogP contribution in [0.5, 0.6) is 0 Å². The van der Waals surface area contributed by atoms with Gasteiger partial charge in [0.1, 0.15) is 0 Å². The lowest BCUT2D eigenvalue weighted by Crippen LogP contribution is -1.98. The molecular weight excluding hydrogens is 364 g/mol. The van der Waals surface area contributed by atoms with Crippen molar-refractivity contribution in [1.29, 1.82) is 0 Å². The molecule has 0 saturated heterocycles. The van der Waals surface area contributed by atoms with Crippen LogP contribution in [0.2, 0.25) is 0 Å². The largest absolute Gasteiger partial charge is 0.478 e. The number of aliphatic carboxylic acids is 1. The second-order valence-corrected chi connectivity index (χ2v) is 8.39. The second kappa shape index (κ2) is 13.2. The highest BCUT2D eigenvalue weighted by molar-refractivity contribution is 7.99. The normalized spacial score (nSPS) is 10.7. The predicted octanol–water partition coefficient (Wildman–Crippen LogP) is 7.60. The molecule has 150 valence electrons. The van der Waals surface area contributed by atoms with Crippen LogP contribution >= 0.6 is 11.8 Å². The zero-order chi connectivity index (χ0) is 20.0. The summed E-state index contributed by atoms with van der Waals surface area (Å²) in [7, 11) is 0. The van der Waals surface area contributed by atoms with Crippen molar-refractivity contribution in [2.45, 2.75) is 62.7 Å². The molecule has 0 unspecified atom stereocenters. The second-order valence-electron chi connectivity index (χ2n) is 7.23. The van der Waals surface area contributed by atoms with Gasteiger partial charge in [0.2, 0.25) is 0 Å². The van der Waals surface area contributed by atoms with Gasteiger partial charge in [-0.2, -0.15) is 0 Å². The molecule has 28 heavy (non-hydrogen) atoms. The van der Waals surface area contributed by atoms with Gasteiger partial charge in [-0.25, -0.2) is 4.79 Å². The quantitative estimate of drug-likeness (QED) is 0.203. The van der Waals surface area contributed by atoms with Crippen LogP contribution in [-0.4, -0.2) is 16.8 Å². The van der Waals surface area contributed by atoms with Crippen LogP contribution in [0.4, 0.5) is 0 Å². The van der Waals surface area contributed by atoms with Crippen LogP contribution in [0, 0.1) is 0 Å². The van der Waals surface area contributed by atoms with Crippen LogP contribution in [-0.2, 0) is 4.79 Å². The molecule has 0 atom stereocenters. The monoisotopic (exact) mass is 396 g/mol. The first kappa shape index (κ1) is 22.3. The fourth-order valence-electron chi connectivity index (χ4n) is 3.17. The Hall–Kier alpha value is -2.00. The van der Waals surface area contributed by atoms with Crippen LogP contribution < -0.4 is 0 Å².